The lowest BCUT2D eigenvalue weighted by atomic mass is 9.98. The van der Waals surface area contributed by atoms with Gasteiger partial charge in [-0.2, -0.15) is 4.98 Å². The van der Waals surface area contributed by atoms with Crippen LogP contribution in [0.15, 0.2) is 4.52 Å². The fraction of sp³-hybridized carbons (Fsp3) is 0.750. The van der Waals surface area contributed by atoms with Crippen molar-refractivity contribution in [3.8, 4) is 0 Å². The molecule has 1 aromatic rings. The Morgan fingerprint density at radius 1 is 1.54 bits per heavy atom. The molecule has 2 unspecified atom stereocenters. The summed E-state index contributed by atoms with van der Waals surface area (Å²) in [6, 6.07) is 0.300. The van der Waals surface area contributed by atoms with Crippen LogP contribution in [0.4, 0.5) is 6.01 Å². The molecule has 1 aromatic heterocycles. The van der Waals surface area contributed by atoms with Crippen LogP contribution in [-0.2, 0) is 0 Å². The van der Waals surface area contributed by atoms with Crippen LogP contribution in [0, 0.1) is 5.92 Å². The summed E-state index contributed by atoms with van der Waals surface area (Å²) in [5.41, 5.74) is 2.35. The minimum Gasteiger partial charge on any atom is -0.314 e. The summed E-state index contributed by atoms with van der Waals surface area (Å²) in [5, 5.41) is 3.89. The van der Waals surface area contributed by atoms with Gasteiger partial charge in [0.25, 0.3) is 0 Å². The quantitative estimate of drug-likeness (QED) is 0.532. The van der Waals surface area contributed by atoms with Crippen LogP contribution in [0.3, 0.4) is 0 Å². The third-order valence-electron chi connectivity index (χ3n) is 2.76. The monoisotopic (exact) mass is 182 g/mol. The van der Waals surface area contributed by atoms with E-state index in [1.165, 1.54) is 12.8 Å². The Labute approximate surface area is 76.7 Å². The number of aromatic nitrogens is 2. The van der Waals surface area contributed by atoms with Gasteiger partial charge in [-0.25, -0.2) is 5.84 Å². The van der Waals surface area contributed by atoms with Crippen molar-refractivity contribution in [2.24, 2.45) is 11.8 Å². The predicted octanol–water partition coefficient (Wildman–Crippen LogP) is 1.26. The van der Waals surface area contributed by atoms with Gasteiger partial charge in [0, 0.05) is 5.92 Å². The Balaban J connectivity index is 2.15. The second kappa shape index (κ2) is 3.33. The van der Waals surface area contributed by atoms with Gasteiger partial charge in [0.2, 0.25) is 0 Å². The molecular formula is C8H14N4O. The van der Waals surface area contributed by atoms with E-state index in [2.05, 4.69) is 22.5 Å². The molecule has 0 aliphatic heterocycles. The molecule has 1 saturated carbocycles. The molecule has 5 nitrogen and oxygen atoms in total. The average Bonchev–Trinajstić information content (AvgIpc) is 2.71. The topological polar surface area (TPSA) is 77.0 Å². The highest BCUT2D eigenvalue weighted by Gasteiger charge is 2.28. The first kappa shape index (κ1) is 8.50. The molecular weight excluding hydrogens is 168 g/mol. The molecule has 0 saturated heterocycles. The van der Waals surface area contributed by atoms with Crippen molar-refractivity contribution >= 4 is 6.01 Å². The molecule has 1 aliphatic carbocycles. The normalized spacial score (nSPS) is 27.8. The third-order valence-corrected chi connectivity index (χ3v) is 2.76. The van der Waals surface area contributed by atoms with Gasteiger partial charge in [0.05, 0.1) is 0 Å². The van der Waals surface area contributed by atoms with E-state index < -0.39 is 0 Å². The van der Waals surface area contributed by atoms with E-state index in [1.807, 2.05) is 0 Å². The Morgan fingerprint density at radius 2 is 2.38 bits per heavy atom. The molecule has 13 heavy (non-hydrogen) atoms. The number of nitrogens with one attached hydrogen (secondary N) is 1. The van der Waals surface area contributed by atoms with E-state index in [0.717, 1.165) is 12.2 Å². The number of nitrogens with two attached hydrogens (primary N) is 1. The first-order chi connectivity index (χ1) is 6.31. The number of hydrogen-bond acceptors (Lipinski definition) is 5. The lowest BCUT2D eigenvalue weighted by Gasteiger charge is -2.08. The molecule has 1 aliphatic rings. The Bertz CT molecular complexity index is 285. The molecule has 0 amide bonds. The third kappa shape index (κ3) is 1.51. The van der Waals surface area contributed by atoms with Crippen molar-refractivity contribution in [3.05, 3.63) is 5.82 Å². The van der Waals surface area contributed by atoms with Crippen molar-refractivity contribution in [2.45, 2.75) is 32.1 Å². The standard InChI is InChI=1S/C8H14N4O/c1-5-3-2-4-6(5)7-10-8(11-9)13-12-7/h5-6H,2-4,9H2,1H3,(H,10,11,12). The predicted molar refractivity (Wildman–Crippen MR) is 47.9 cm³/mol. The number of nitrogens with zero attached hydrogens (tertiary/aromatic N) is 2. The second-order valence-corrected chi connectivity index (χ2v) is 3.62. The summed E-state index contributed by atoms with van der Waals surface area (Å²) in [6.07, 6.45) is 3.67. The maximum Gasteiger partial charge on any atom is 0.335 e. The zero-order valence-electron chi connectivity index (χ0n) is 7.66. The SMILES string of the molecule is CC1CCCC1c1noc(NN)n1. The lowest BCUT2D eigenvalue weighted by Crippen LogP contribution is -2.08. The summed E-state index contributed by atoms with van der Waals surface area (Å²) in [7, 11) is 0. The van der Waals surface area contributed by atoms with Crippen molar-refractivity contribution in [1.29, 1.82) is 0 Å². The van der Waals surface area contributed by atoms with E-state index >= 15 is 0 Å². The van der Waals surface area contributed by atoms with Gasteiger partial charge in [-0.05, 0) is 18.8 Å². The van der Waals surface area contributed by atoms with E-state index in [0.29, 0.717) is 17.9 Å². The molecule has 3 N–H and O–H groups in total. The van der Waals surface area contributed by atoms with Gasteiger partial charge < -0.3 is 4.52 Å². The van der Waals surface area contributed by atoms with E-state index in [1.54, 1.807) is 0 Å². The Hall–Kier alpha value is -1.10. The fourth-order valence-corrected chi connectivity index (χ4v) is 1.97. The van der Waals surface area contributed by atoms with Gasteiger partial charge in [0.1, 0.15) is 0 Å². The number of hydrogen-bond donors (Lipinski definition) is 2. The van der Waals surface area contributed by atoms with Crippen LogP contribution in [0.1, 0.15) is 37.9 Å². The summed E-state index contributed by atoms with van der Waals surface area (Å²) in [4.78, 5) is 4.15. The molecule has 0 radical (unpaired) electrons. The fourth-order valence-electron chi connectivity index (χ4n) is 1.97. The highest BCUT2D eigenvalue weighted by molar-refractivity contribution is 5.16. The van der Waals surface area contributed by atoms with Crippen LogP contribution >= 0.6 is 0 Å². The summed E-state index contributed by atoms with van der Waals surface area (Å²) in [6.45, 7) is 2.23. The molecule has 72 valence electrons. The van der Waals surface area contributed by atoms with Crippen LogP contribution in [0.25, 0.3) is 0 Å². The van der Waals surface area contributed by atoms with Crippen molar-refractivity contribution in [2.75, 3.05) is 5.43 Å². The number of nitrogen functional groups attached to an aromatic ring is 1. The second-order valence-electron chi connectivity index (χ2n) is 3.62. The highest BCUT2D eigenvalue weighted by Crippen LogP contribution is 2.37. The van der Waals surface area contributed by atoms with Crippen molar-refractivity contribution in [1.82, 2.24) is 10.1 Å². The first-order valence-electron chi connectivity index (χ1n) is 4.61. The smallest absolute Gasteiger partial charge is 0.314 e. The summed E-state index contributed by atoms with van der Waals surface area (Å²) < 4.78 is 4.88. The zero-order valence-corrected chi connectivity index (χ0v) is 7.66. The van der Waals surface area contributed by atoms with Crippen LogP contribution in [0.2, 0.25) is 0 Å². The van der Waals surface area contributed by atoms with Crippen molar-refractivity contribution < 1.29 is 4.52 Å². The minimum atomic E-state index is 0.300. The van der Waals surface area contributed by atoms with Crippen molar-refractivity contribution in [3.63, 3.8) is 0 Å². The molecule has 2 atom stereocenters. The van der Waals surface area contributed by atoms with Gasteiger partial charge >= 0.3 is 6.01 Å². The van der Waals surface area contributed by atoms with Gasteiger partial charge in [-0.15, -0.1) is 0 Å². The average molecular weight is 182 g/mol. The number of rotatable bonds is 2. The largest absolute Gasteiger partial charge is 0.335 e. The number of anilines is 1. The summed E-state index contributed by atoms with van der Waals surface area (Å²) >= 11 is 0. The molecule has 0 bridgehead atoms. The van der Waals surface area contributed by atoms with Crippen LogP contribution in [-0.4, -0.2) is 10.1 Å². The number of hydrazine groups is 1. The van der Waals surface area contributed by atoms with Gasteiger partial charge in [-0.3, -0.25) is 5.43 Å². The maximum atomic E-state index is 5.15. The first-order valence-corrected chi connectivity index (χ1v) is 4.61. The van der Waals surface area contributed by atoms with E-state index in [4.69, 9.17) is 10.4 Å². The zero-order chi connectivity index (χ0) is 9.26. The molecule has 2 rings (SSSR count). The maximum absolute atomic E-state index is 5.15. The molecule has 1 fully saturated rings. The minimum absolute atomic E-state index is 0.300. The van der Waals surface area contributed by atoms with Crippen LogP contribution in [0.5, 0.6) is 0 Å². The molecule has 5 heteroatoms. The van der Waals surface area contributed by atoms with E-state index in [9.17, 15) is 0 Å². The van der Waals surface area contributed by atoms with Gasteiger partial charge in [0.15, 0.2) is 5.82 Å². The Morgan fingerprint density at radius 3 is 2.92 bits per heavy atom. The molecule has 0 spiro atoms. The van der Waals surface area contributed by atoms with Crippen LogP contribution < -0.4 is 11.3 Å². The molecule has 0 aromatic carbocycles. The molecule has 1 heterocycles. The lowest BCUT2D eigenvalue weighted by molar-refractivity contribution is 0.404. The van der Waals surface area contributed by atoms with Gasteiger partial charge in [-0.1, -0.05) is 18.5 Å². The van der Waals surface area contributed by atoms with E-state index in [-0.39, 0.29) is 0 Å². The summed E-state index contributed by atoms with van der Waals surface area (Å²) in [5.74, 6) is 7.05. The highest BCUT2D eigenvalue weighted by atomic mass is 16.5. The Kier molecular flexibility index (Phi) is 2.18.